The number of carbonyl (C=O) groups is 1. The molecule has 0 fully saturated rings. The van der Waals surface area contributed by atoms with Crippen LogP contribution < -0.4 is 4.74 Å². The Bertz CT molecular complexity index is 347. The summed E-state index contributed by atoms with van der Waals surface area (Å²) in [7, 11) is 0. The molecule has 3 heteroatoms. The van der Waals surface area contributed by atoms with Gasteiger partial charge < -0.3 is 4.74 Å². The predicted molar refractivity (Wildman–Crippen MR) is 57.3 cm³/mol. The van der Waals surface area contributed by atoms with Crippen LogP contribution in [0.5, 0.6) is 5.75 Å². The number of Topliss-reactive ketones (excluding diaryl/α,β-unsaturated/α-hetero) is 1. The zero-order chi connectivity index (χ0) is 11.3. The van der Waals surface area contributed by atoms with Gasteiger partial charge >= 0.3 is 0 Å². The summed E-state index contributed by atoms with van der Waals surface area (Å²) in [6.45, 7) is 3.32. The Kier molecular flexibility index (Phi) is 4.28. The summed E-state index contributed by atoms with van der Waals surface area (Å²) in [6, 6.07) is 5.40. The maximum Gasteiger partial charge on any atom is 0.163 e. The van der Waals surface area contributed by atoms with Gasteiger partial charge in [0, 0.05) is 6.42 Å². The molecule has 1 rings (SSSR count). The molecule has 0 atom stereocenters. The van der Waals surface area contributed by atoms with Gasteiger partial charge in [0.1, 0.15) is 5.75 Å². The highest BCUT2D eigenvalue weighted by molar-refractivity contribution is 5.96. The molecule has 0 saturated carbocycles. The Morgan fingerprint density at radius 3 is 2.80 bits per heavy atom. The summed E-state index contributed by atoms with van der Waals surface area (Å²) in [5, 5.41) is 0. The van der Waals surface area contributed by atoms with Crippen molar-refractivity contribution in [3.63, 3.8) is 0 Å². The minimum Gasteiger partial charge on any atom is -0.493 e. The molecule has 1 aromatic rings. The Balaban J connectivity index is 2.82. The summed E-state index contributed by atoms with van der Waals surface area (Å²) < 4.78 is 17.2. The molecule has 1 aromatic carbocycles. The standard InChI is InChI=1S/C12H15FO2/c1-9-4-5-11(10(2)14)12(8-9)15-7-3-6-13/h4-5,8H,3,6-7H2,1-2H3. The normalized spacial score (nSPS) is 10.1. The van der Waals surface area contributed by atoms with Gasteiger partial charge in [0.05, 0.1) is 18.8 Å². The molecule has 2 nitrogen and oxygen atoms in total. The van der Waals surface area contributed by atoms with E-state index in [1.165, 1.54) is 6.92 Å². The van der Waals surface area contributed by atoms with Gasteiger partial charge in [-0.3, -0.25) is 9.18 Å². The number of aryl methyl sites for hydroxylation is 1. The van der Waals surface area contributed by atoms with Crippen molar-refractivity contribution in [3.05, 3.63) is 29.3 Å². The predicted octanol–water partition coefficient (Wildman–Crippen LogP) is 2.94. The molecule has 82 valence electrons. The van der Waals surface area contributed by atoms with E-state index in [4.69, 9.17) is 4.74 Å². The van der Waals surface area contributed by atoms with E-state index in [1.807, 2.05) is 13.0 Å². The van der Waals surface area contributed by atoms with Crippen LogP contribution >= 0.6 is 0 Å². The molecule has 0 saturated heterocycles. The smallest absolute Gasteiger partial charge is 0.163 e. The number of hydrogen-bond acceptors (Lipinski definition) is 2. The Morgan fingerprint density at radius 1 is 1.47 bits per heavy atom. The molecular weight excluding hydrogens is 195 g/mol. The number of ketones is 1. The van der Waals surface area contributed by atoms with Crippen LogP contribution in [0.3, 0.4) is 0 Å². The van der Waals surface area contributed by atoms with Crippen molar-refractivity contribution >= 4 is 5.78 Å². The zero-order valence-electron chi connectivity index (χ0n) is 9.05. The highest BCUT2D eigenvalue weighted by Gasteiger charge is 2.08. The molecule has 0 N–H and O–H groups in total. The highest BCUT2D eigenvalue weighted by Crippen LogP contribution is 2.20. The second-order valence-corrected chi connectivity index (χ2v) is 3.45. The number of rotatable bonds is 5. The number of ether oxygens (including phenoxy) is 1. The van der Waals surface area contributed by atoms with Crippen LogP contribution in [-0.2, 0) is 0 Å². The molecule has 0 aromatic heterocycles. The number of carbonyl (C=O) groups excluding carboxylic acids is 1. The number of halogens is 1. The number of benzene rings is 1. The first-order chi connectivity index (χ1) is 7.15. The van der Waals surface area contributed by atoms with Crippen molar-refractivity contribution < 1.29 is 13.9 Å². The number of hydrogen-bond donors (Lipinski definition) is 0. The van der Waals surface area contributed by atoms with Crippen LogP contribution in [-0.4, -0.2) is 19.1 Å². The van der Waals surface area contributed by atoms with Crippen LogP contribution in [0.2, 0.25) is 0 Å². The Labute approximate surface area is 89.1 Å². The quantitative estimate of drug-likeness (QED) is 0.551. The Hall–Kier alpha value is -1.38. The summed E-state index contributed by atoms with van der Waals surface area (Å²) in [5.74, 6) is 0.515. The maximum atomic E-state index is 11.9. The van der Waals surface area contributed by atoms with Crippen LogP contribution in [0.1, 0.15) is 29.3 Å². The van der Waals surface area contributed by atoms with E-state index in [0.717, 1.165) is 5.56 Å². The van der Waals surface area contributed by atoms with Crippen LogP contribution in [0, 0.1) is 6.92 Å². The largest absolute Gasteiger partial charge is 0.493 e. The van der Waals surface area contributed by atoms with Gasteiger partial charge in [-0.15, -0.1) is 0 Å². The molecule has 0 heterocycles. The number of alkyl halides is 1. The van der Waals surface area contributed by atoms with Crippen molar-refractivity contribution in [2.45, 2.75) is 20.3 Å². The van der Waals surface area contributed by atoms with Crippen molar-refractivity contribution in [2.75, 3.05) is 13.3 Å². The van der Waals surface area contributed by atoms with Gasteiger partial charge in [0.25, 0.3) is 0 Å². The summed E-state index contributed by atoms with van der Waals surface area (Å²) in [6.07, 6.45) is 0.352. The Morgan fingerprint density at radius 2 is 2.20 bits per heavy atom. The fourth-order valence-electron chi connectivity index (χ4n) is 1.28. The van der Waals surface area contributed by atoms with E-state index in [2.05, 4.69) is 0 Å². The second-order valence-electron chi connectivity index (χ2n) is 3.45. The first-order valence-corrected chi connectivity index (χ1v) is 4.95. The minimum atomic E-state index is -0.402. The minimum absolute atomic E-state index is 0.0368. The zero-order valence-corrected chi connectivity index (χ0v) is 9.05. The van der Waals surface area contributed by atoms with Gasteiger partial charge in [-0.1, -0.05) is 6.07 Å². The fourth-order valence-corrected chi connectivity index (χ4v) is 1.28. The van der Waals surface area contributed by atoms with Crippen molar-refractivity contribution in [3.8, 4) is 5.75 Å². The van der Waals surface area contributed by atoms with Gasteiger partial charge in [-0.2, -0.15) is 0 Å². The molecule has 0 aliphatic carbocycles. The van der Waals surface area contributed by atoms with E-state index in [1.54, 1.807) is 12.1 Å². The lowest BCUT2D eigenvalue weighted by atomic mass is 10.1. The molecule has 0 aliphatic heterocycles. The van der Waals surface area contributed by atoms with E-state index in [0.29, 0.717) is 24.3 Å². The lowest BCUT2D eigenvalue weighted by molar-refractivity contribution is 0.101. The molecule has 0 radical (unpaired) electrons. The molecule has 0 spiro atoms. The van der Waals surface area contributed by atoms with Crippen LogP contribution in [0.4, 0.5) is 4.39 Å². The van der Waals surface area contributed by atoms with E-state index >= 15 is 0 Å². The molecule has 0 bridgehead atoms. The van der Waals surface area contributed by atoms with Crippen LogP contribution in [0.25, 0.3) is 0 Å². The summed E-state index contributed by atoms with van der Waals surface area (Å²) >= 11 is 0. The third kappa shape index (κ3) is 3.35. The van der Waals surface area contributed by atoms with Gasteiger partial charge in [0.15, 0.2) is 5.78 Å². The third-order valence-corrected chi connectivity index (χ3v) is 2.05. The van der Waals surface area contributed by atoms with Gasteiger partial charge in [-0.05, 0) is 31.5 Å². The lowest BCUT2D eigenvalue weighted by Crippen LogP contribution is -2.03. The molecule has 15 heavy (non-hydrogen) atoms. The van der Waals surface area contributed by atoms with Gasteiger partial charge in [-0.25, -0.2) is 0 Å². The summed E-state index contributed by atoms with van der Waals surface area (Å²) in [4.78, 5) is 11.3. The highest BCUT2D eigenvalue weighted by atomic mass is 19.1. The van der Waals surface area contributed by atoms with Gasteiger partial charge in [0.2, 0.25) is 0 Å². The van der Waals surface area contributed by atoms with E-state index in [9.17, 15) is 9.18 Å². The summed E-state index contributed by atoms with van der Waals surface area (Å²) in [5.41, 5.74) is 1.58. The van der Waals surface area contributed by atoms with E-state index in [-0.39, 0.29) is 5.78 Å². The lowest BCUT2D eigenvalue weighted by Gasteiger charge is -2.09. The molecular formula is C12H15FO2. The molecule has 0 amide bonds. The molecule has 0 unspecified atom stereocenters. The first kappa shape index (κ1) is 11.7. The van der Waals surface area contributed by atoms with Crippen molar-refractivity contribution in [2.24, 2.45) is 0 Å². The fraction of sp³-hybridized carbons (Fsp3) is 0.417. The second kappa shape index (κ2) is 5.49. The maximum absolute atomic E-state index is 11.9. The van der Waals surface area contributed by atoms with Crippen molar-refractivity contribution in [1.82, 2.24) is 0 Å². The topological polar surface area (TPSA) is 26.3 Å². The van der Waals surface area contributed by atoms with Crippen molar-refractivity contribution in [1.29, 1.82) is 0 Å². The average molecular weight is 210 g/mol. The average Bonchev–Trinajstić information content (AvgIpc) is 2.18. The SMILES string of the molecule is CC(=O)c1ccc(C)cc1OCCCF. The third-order valence-electron chi connectivity index (χ3n) is 2.05. The molecule has 0 aliphatic rings. The van der Waals surface area contributed by atoms with E-state index < -0.39 is 6.67 Å². The first-order valence-electron chi connectivity index (χ1n) is 4.95. The van der Waals surface area contributed by atoms with Crippen LogP contribution in [0.15, 0.2) is 18.2 Å². The monoisotopic (exact) mass is 210 g/mol.